The van der Waals surface area contributed by atoms with Crippen molar-refractivity contribution in [1.82, 2.24) is 20.4 Å². The third kappa shape index (κ3) is 3.95. The van der Waals surface area contributed by atoms with E-state index in [1.165, 1.54) is 0 Å². The molecule has 184 valence electrons. The van der Waals surface area contributed by atoms with Gasteiger partial charge in [-0.25, -0.2) is 4.79 Å². The van der Waals surface area contributed by atoms with Crippen molar-refractivity contribution < 1.29 is 9.59 Å². The minimum Gasteiger partial charge on any atom is -0.331 e. The second-order valence-electron chi connectivity index (χ2n) is 11.8. The highest BCUT2D eigenvalue weighted by molar-refractivity contribution is 6.83. The first kappa shape index (κ1) is 24.5. The Morgan fingerprint density at radius 1 is 1.12 bits per heavy atom. The minimum atomic E-state index is -1.69. The first-order valence-corrected chi connectivity index (χ1v) is 15.9. The number of hydrogen-bond donors (Lipinski definition) is 3. The molecule has 7 nitrogen and oxygen atoms in total. The van der Waals surface area contributed by atoms with E-state index < -0.39 is 13.6 Å². The van der Waals surface area contributed by atoms with Crippen LogP contribution in [-0.2, 0) is 16.9 Å². The molecule has 0 radical (unpaired) electrons. The molecule has 0 spiro atoms. The third-order valence-corrected chi connectivity index (χ3v) is 11.7. The van der Waals surface area contributed by atoms with Gasteiger partial charge in [0.25, 0.3) is 0 Å². The lowest BCUT2D eigenvalue weighted by atomic mass is 9.83. The summed E-state index contributed by atoms with van der Waals surface area (Å²) in [5.74, 6) is 0.903. The lowest BCUT2D eigenvalue weighted by Gasteiger charge is -2.48. The number of urea groups is 1. The van der Waals surface area contributed by atoms with Gasteiger partial charge >= 0.3 is 6.03 Å². The molecule has 0 saturated heterocycles. The molecule has 3 N–H and O–H groups in total. The van der Waals surface area contributed by atoms with Crippen molar-refractivity contribution in [2.24, 2.45) is 5.92 Å². The maximum atomic E-state index is 13.5. The van der Waals surface area contributed by atoms with Gasteiger partial charge in [0.15, 0.2) is 5.82 Å². The number of nitrogens with zero attached hydrogens (tertiary/aromatic N) is 2. The Kier molecular flexibility index (Phi) is 6.17. The van der Waals surface area contributed by atoms with Gasteiger partial charge in [0.1, 0.15) is 0 Å². The number of amides is 3. The Labute approximate surface area is 204 Å². The second kappa shape index (κ2) is 8.55. The Morgan fingerprint density at radius 3 is 2.29 bits per heavy atom. The Morgan fingerprint density at radius 2 is 1.76 bits per heavy atom. The number of carbonyl (C=O) groups is 2. The van der Waals surface area contributed by atoms with Crippen LogP contribution in [-0.4, -0.2) is 35.1 Å². The van der Waals surface area contributed by atoms with Crippen molar-refractivity contribution >= 4 is 25.8 Å². The average molecular weight is 482 g/mol. The van der Waals surface area contributed by atoms with Gasteiger partial charge < -0.3 is 15.5 Å². The van der Waals surface area contributed by atoms with E-state index in [4.69, 9.17) is 0 Å². The highest BCUT2D eigenvalue weighted by atomic mass is 28.3. The molecular weight excluding hydrogens is 442 g/mol. The number of aromatic amines is 1. The zero-order valence-electron chi connectivity index (χ0n) is 21.6. The van der Waals surface area contributed by atoms with Gasteiger partial charge in [-0.1, -0.05) is 70.2 Å². The summed E-state index contributed by atoms with van der Waals surface area (Å²) in [6, 6.07) is 9.87. The van der Waals surface area contributed by atoms with Gasteiger partial charge in [0.05, 0.1) is 31.9 Å². The predicted molar refractivity (Wildman–Crippen MR) is 138 cm³/mol. The Balaban J connectivity index is 1.54. The van der Waals surface area contributed by atoms with Gasteiger partial charge in [-0.05, 0) is 38.2 Å². The van der Waals surface area contributed by atoms with Crippen LogP contribution in [0.4, 0.5) is 10.6 Å². The lowest BCUT2D eigenvalue weighted by Crippen LogP contribution is -2.52. The summed E-state index contributed by atoms with van der Waals surface area (Å²) in [6.07, 6.45) is 3.02. The van der Waals surface area contributed by atoms with Gasteiger partial charge in [-0.2, -0.15) is 5.10 Å². The fraction of sp³-hybridized carbons (Fsp3) is 0.577. The molecule has 2 heterocycles. The smallest absolute Gasteiger partial charge is 0.318 e. The summed E-state index contributed by atoms with van der Waals surface area (Å²) < 4.78 is 0. The number of nitrogens with one attached hydrogen (secondary N) is 3. The molecule has 4 rings (SSSR count). The molecule has 2 aliphatic rings. The first-order valence-electron chi connectivity index (χ1n) is 12.4. The molecule has 1 aromatic heterocycles. The predicted octanol–water partition coefficient (Wildman–Crippen LogP) is 5.77. The average Bonchev–Trinajstić information content (AvgIpc) is 3.22. The quantitative estimate of drug-likeness (QED) is 0.458. The zero-order valence-corrected chi connectivity index (χ0v) is 22.6. The highest BCUT2D eigenvalue weighted by Gasteiger charge is 2.54. The number of hydrogen-bond acceptors (Lipinski definition) is 3. The molecule has 1 saturated carbocycles. The number of anilines is 1. The molecule has 2 aromatic rings. The molecule has 0 unspecified atom stereocenters. The Bertz CT molecular complexity index is 1070. The van der Waals surface area contributed by atoms with E-state index in [1.807, 2.05) is 36.9 Å². The van der Waals surface area contributed by atoms with Gasteiger partial charge in [0.2, 0.25) is 5.91 Å². The maximum absolute atomic E-state index is 13.5. The van der Waals surface area contributed by atoms with Gasteiger partial charge in [0, 0.05) is 10.6 Å². The number of fused-ring (bicyclic) bond motifs is 1. The van der Waals surface area contributed by atoms with Crippen molar-refractivity contribution in [3.05, 3.63) is 47.2 Å². The lowest BCUT2D eigenvalue weighted by molar-refractivity contribution is -0.121. The van der Waals surface area contributed by atoms with Crippen LogP contribution in [0.1, 0.15) is 69.8 Å². The summed E-state index contributed by atoms with van der Waals surface area (Å²) in [7, 11) is -1.69. The maximum Gasteiger partial charge on any atom is 0.318 e. The molecule has 1 aromatic carbocycles. The van der Waals surface area contributed by atoms with Gasteiger partial charge in [-0.15, -0.1) is 0 Å². The van der Waals surface area contributed by atoms with E-state index in [1.54, 1.807) is 0 Å². The van der Waals surface area contributed by atoms with Crippen LogP contribution in [0.5, 0.6) is 0 Å². The molecule has 1 aliphatic heterocycles. The summed E-state index contributed by atoms with van der Waals surface area (Å²) in [4.78, 5) is 28.7. The number of aromatic nitrogens is 2. The Hall–Kier alpha value is -2.61. The molecule has 1 aliphatic carbocycles. The van der Waals surface area contributed by atoms with Crippen LogP contribution in [0.3, 0.4) is 0 Å². The van der Waals surface area contributed by atoms with Gasteiger partial charge in [-0.3, -0.25) is 9.89 Å². The number of carbonyl (C=O) groups excluding carboxylic acids is 2. The number of H-pyrrole nitrogens is 1. The van der Waals surface area contributed by atoms with E-state index in [-0.39, 0.29) is 28.9 Å². The molecule has 0 bridgehead atoms. The largest absolute Gasteiger partial charge is 0.331 e. The highest BCUT2D eigenvalue weighted by Crippen LogP contribution is 2.56. The SMILES string of the molecule is CC(C)[C@@H](NC(=O)N1Cc2c(NC(=O)C3([Si](C)(C)C)CCC3)n[nH]c2C1(C)C)c1ccccc1. The summed E-state index contributed by atoms with van der Waals surface area (Å²) in [5.41, 5.74) is 2.31. The van der Waals surface area contributed by atoms with Crippen molar-refractivity contribution in [3.63, 3.8) is 0 Å². The summed E-state index contributed by atoms with van der Waals surface area (Å²) in [6.45, 7) is 15.5. The van der Waals surface area contributed by atoms with Crippen molar-refractivity contribution in [3.8, 4) is 0 Å². The fourth-order valence-corrected chi connectivity index (χ4v) is 8.12. The topological polar surface area (TPSA) is 90.1 Å². The molecule has 3 amide bonds. The van der Waals surface area contributed by atoms with E-state index in [0.29, 0.717) is 12.4 Å². The molecule has 1 fully saturated rings. The fourth-order valence-electron chi connectivity index (χ4n) is 5.53. The molecule has 8 heteroatoms. The number of rotatable bonds is 6. The van der Waals surface area contributed by atoms with Crippen LogP contribution in [0.15, 0.2) is 30.3 Å². The van der Waals surface area contributed by atoms with E-state index in [0.717, 1.165) is 36.1 Å². The summed E-state index contributed by atoms with van der Waals surface area (Å²) >= 11 is 0. The summed E-state index contributed by atoms with van der Waals surface area (Å²) in [5, 5.41) is 13.7. The van der Waals surface area contributed by atoms with Crippen LogP contribution >= 0.6 is 0 Å². The number of benzene rings is 1. The zero-order chi connectivity index (χ0) is 24.9. The van der Waals surface area contributed by atoms with Crippen LogP contribution < -0.4 is 10.6 Å². The standard InChI is InChI=1S/C26H39N5O2Si/c1-17(2)20(18-12-9-8-10-13-18)27-24(33)31-16-19-21(25(31,3)4)29-30-22(19)28-23(32)26(14-11-15-26)34(5,6)7/h8-10,12-13,17,20H,11,14-16H2,1-7H3,(H,27,33)(H2,28,29,30,32)/t20-/m1/s1. The van der Waals surface area contributed by atoms with Crippen LogP contribution in [0.25, 0.3) is 0 Å². The van der Waals surface area contributed by atoms with E-state index >= 15 is 0 Å². The first-order chi connectivity index (χ1) is 15.9. The molecular formula is C26H39N5O2Si. The monoisotopic (exact) mass is 481 g/mol. The van der Waals surface area contributed by atoms with Crippen LogP contribution in [0, 0.1) is 5.92 Å². The van der Waals surface area contributed by atoms with E-state index in [2.05, 4.69) is 66.5 Å². The second-order valence-corrected chi connectivity index (χ2v) is 17.2. The minimum absolute atomic E-state index is 0.0871. The molecule has 1 atom stereocenters. The normalized spacial score (nSPS) is 19.4. The van der Waals surface area contributed by atoms with E-state index in [9.17, 15) is 9.59 Å². The molecule has 34 heavy (non-hydrogen) atoms. The van der Waals surface area contributed by atoms with Crippen molar-refractivity contribution in [1.29, 1.82) is 0 Å². The van der Waals surface area contributed by atoms with Crippen molar-refractivity contribution in [2.45, 2.75) is 89.8 Å². The van der Waals surface area contributed by atoms with Crippen molar-refractivity contribution in [2.75, 3.05) is 5.32 Å². The van der Waals surface area contributed by atoms with Crippen LogP contribution in [0.2, 0.25) is 24.7 Å². The third-order valence-electron chi connectivity index (χ3n) is 8.13.